The Morgan fingerprint density at radius 2 is 2.03 bits per heavy atom. The zero-order valence-corrected chi connectivity index (χ0v) is 19.2. The van der Waals surface area contributed by atoms with Gasteiger partial charge in [0.1, 0.15) is 12.2 Å². The molecule has 0 spiro atoms. The van der Waals surface area contributed by atoms with Crippen LogP contribution in [0.15, 0.2) is 24.5 Å². The number of aromatic amines is 1. The molecule has 1 saturated heterocycles. The second-order valence-electron chi connectivity index (χ2n) is 9.23. The molecule has 12 heteroatoms. The number of piperidine rings is 1. The van der Waals surface area contributed by atoms with Crippen molar-refractivity contribution in [2.24, 2.45) is 11.8 Å². The number of pyridine rings is 1. The zero-order valence-electron chi connectivity index (χ0n) is 19.2. The first-order valence-electron chi connectivity index (χ1n) is 11.7. The lowest BCUT2D eigenvalue weighted by Gasteiger charge is -2.32. The predicted octanol–water partition coefficient (Wildman–Crippen LogP) is 3.46. The van der Waals surface area contributed by atoms with Gasteiger partial charge < -0.3 is 19.9 Å². The van der Waals surface area contributed by atoms with Gasteiger partial charge in [-0.1, -0.05) is 6.92 Å². The van der Waals surface area contributed by atoms with Gasteiger partial charge in [-0.2, -0.15) is 28.1 Å². The smallest absolute Gasteiger partial charge is 0.405 e. The number of carbonyl (C=O) groups is 1. The van der Waals surface area contributed by atoms with Crippen LogP contribution in [-0.2, 0) is 0 Å². The second kappa shape index (κ2) is 9.31. The van der Waals surface area contributed by atoms with E-state index in [0.29, 0.717) is 37.5 Å². The number of hydrogen-bond acceptors (Lipinski definition) is 7. The fourth-order valence-electron chi connectivity index (χ4n) is 4.43. The minimum Gasteiger partial charge on any atom is -0.463 e. The summed E-state index contributed by atoms with van der Waals surface area (Å²) >= 11 is 0. The average Bonchev–Trinajstić information content (AvgIpc) is 3.39. The Hall–Kier alpha value is -3.44. The van der Waals surface area contributed by atoms with E-state index in [-0.39, 0.29) is 17.8 Å². The van der Waals surface area contributed by atoms with Crippen LogP contribution in [-0.4, -0.2) is 63.2 Å². The highest BCUT2D eigenvalue weighted by molar-refractivity contribution is 5.90. The lowest BCUT2D eigenvalue weighted by atomic mass is 9.89. The molecule has 9 nitrogen and oxygen atoms in total. The first kappa shape index (κ1) is 23.3. The van der Waals surface area contributed by atoms with Gasteiger partial charge in [-0.15, -0.1) is 0 Å². The molecule has 2 atom stereocenters. The van der Waals surface area contributed by atoms with E-state index in [1.165, 1.54) is 5.56 Å². The van der Waals surface area contributed by atoms with E-state index in [1.54, 1.807) is 6.20 Å². The molecule has 2 fully saturated rings. The summed E-state index contributed by atoms with van der Waals surface area (Å²) < 4.78 is 43.4. The Balaban J connectivity index is 1.31. The number of aromatic nitrogens is 5. The fourth-order valence-corrected chi connectivity index (χ4v) is 4.43. The highest BCUT2D eigenvalue weighted by Gasteiger charge is 2.34. The van der Waals surface area contributed by atoms with Crippen LogP contribution in [0.1, 0.15) is 48.3 Å². The van der Waals surface area contributed by atoms with E-state index in [1.807, 2.05) is 28.5 Å². The Bertz CT molecular complexity index is 1210. The van der Waals surface area contributed by atoms with Gasteiger partial charge in [0.25, 0.3) is 5.91 Å². The van der Waals surface area contributed by atoms with Gasteiger partial charge in [0, 0.05) is 30.9 Å². The number of anilines is 1. The molecule has 3 aromatic rings. The first-order valence-corrected chi connectivity index (χ1v) is 11.7. The molecule has 2 aliphatic rings. The van der Waals surface area contributed by atoms with Crippen LogP contribution in [0.2, 0.25) is 0 Å². The maximum absolute atomic E-state index is 12.6. The number of alkyl halides is 3. The third-order valence-corrected chi connectivity index (χ3v) is 6.66. The fraction of sp³-hybridized carbons (Fsp3) is 0.522. The Morgan fingerprint density at radius 1 is 1.26 bits per heavy atom. The predicted molar refractivity (Wildman–Crippen MR) is 121 cm³/mol. The zero-order chi connectivity index (χ0) is 24.6. The summed E-state index contributed by atoms with van der Waals surface area (Å²) in [5.74, 6) is 0.0751. The molecule has 0 radical (unpaired) electrons. The summed E-state index contributed by atoms with van der Waals surface area (Å²) in [6.45, 7) is 2.27. The van der Waals surface area contributed by atoms with Crippen LogP contribution in [0.25, 0.3) is 11.0 Å². The molecule has 0 aromatic carbocycles. The van der Waals surface area contributed by atoms with E-state index in [2.05, 4.69) is 31.8 Å². The quantitative estimate of drug-likeness (QED) is 0.523. The molecule has 0 unspecified atom stereocenters. The maximum atomic E-state index is 12.6. The largest absolute Gasteiger partial charge is 0.463 e. The van der Waals surface area contributed by atoms with Gasteiger partial charge >= 0.3 is 12.2 Å². The lowest BCUT2D eigenvalue weighted by molar-refractivity contribution is -0.123. The number of nitrogens with one attached hydrogen (secondary N) is 2. The van der Waals surface area contributed by atoms with Crippen LogP contribution in [0.5, 0.6) is 6.01 Å². The van der Waals surface area contributed by atoms with Crippen molar-refractivity contribution in [3.8, 4) is 6.01 Å². The second-order valence-corrected chi connectivity index (χ2v) is 9.23. The van der Waals surface area contributed by atoms with Crippen molar-refractivity contribution in [2.75, 3.05) is 31.1 Å². The van der Waals surface area contributed by atoms with Crippen LogP contribution in [0.4, 0.5) is 19.1 Å². The van der Waals surface area contributed by atoms with E-state index in [0.717, 1.165) is 30.3 Å². The summed E-state index contributed by atoms with van der Waals surface area (Å²) in [4.78, 5) is 34.4. The number of ether oxygens (including phenoxy) is 1. The molecule has 1 aliphatic carbocycles. The van der Waals surface area contributed by atoms with Crippen molar-refractivity contribution in [3.63, 3.8) is 0 Å². The number of amides is 1. The van der Waals surface area contributed by atoms with Gasteiger partial charge in [-0.25, -0.2) is 4.98 Å². The summed E-state index contributed by atoms with van der Waals surface area (Å²) in [6, 6.07) is 3.91. The van der Waals surface area contributed by atoms with Gasteiger partial charge in [0.15, 0.2) is 0 Å². The molecule has 2 N–H and O–H groups in total. The van der Waals surface area contributed by atoms with Crippen LogP contribution < -0.4 is 15.0 Å². The molecule has 0 bridgehead atoms. The van der Waals surface area contributed by atoms with E-state index < -0.39 is 18.6 Å². The molecule has 1 saturated carbocycles. The molecule has 4 heterocycles. The van der Waals surface area contributed by atoms with Gasteiger partial charge in [0.2, 0.25) is 11.8 Å². The molecule has 1 aliphatic heterocycles. The monoisotopic (exact) mass is 489 g/mol. The van der Waals surface area contributed by atoms with Crippen LogP contribution in [0, 0.1) is 11.8 Å². The summed E-state index contributed by atoms with van der Waals surface area (Å²) in [5, 5.41) is 2.92. The molecular formula is C23H26F3N7O2. The number of hydrogen-bond donors (Lipinski definition) is 2. The Labute approximate surface area is 199 Å². The maximum Gasteiger partial charge on any atom is 0.405 e. The van der Waals surface area contributed by atoms with Gasteiger partial charge in [-0.05, 0) is 54.7 Å². The standard InChI is InChI=1S/C23H26F3N7O2/c1-13-9-15(13)11-35-22-31-19(20(34)29-12-23(24,25)26)30-21(32-22)33-7-4-14(5-8-33)17-10-28-18-16(17)3-2-6-27-18/h2-3,6,10,13-15H,4-5,7-9,11-12H2,1H3,(H,27,28)(H,29,34)/t13-,15-/m1/s1. The molecule has 186 valence electrons. The van der Waals surface area contributed by atoms with Crippen molar-refractivity contribution in [3.05, 3.63) is 35.9 Å². The molecule has 3 aromatic heterocycles. The van der Waals surface area contributed by atoms with Crippen LogP contribution in [0.3, 0.4) is 0 Å². The van der Waals surface area contributed by atoms with Crippen molar-refractivity contribution < 1.29 is 22.7 Å². The first-order chi connectivity index (χ1) is 16.8. The van der Waals surface area contributed by atoms with Gasteiger partial charge in [-0.3, -0.25) is 4.79 Å². The Kier molecular flexibility index (Phi) is 6.20. The molecule has 5 rings (SSSR count). The van der Waals surface area contributed by atoms with Crippen molar-refractivity contribution in [1.29, 1.82) is 0 Å². The van der Waals surface area contributed by atoms with E-state index in [4.69, 9.17) is 4.74 Å². The number of nitrogens with zero attached hydrogens (tertiary/aromatic N) is 5. The van der Waals surface area contributed by atoms with Crippen molar-refractivity contribution >= 4 is 22.9 Å². The normalized spacial score (nSPS) is 20.7. The summed E-state index contributed by atoms with van der Waals surface area (Å²) in [7, 11) is 0. The molecular weight excluding hydrogens is 463 g/mol. The number of H-pyrrole nitrogens is 1. The highest BCUT2D eigenvalue weighted by Crippen LogP contribution is 2.38. The van der Waals surface area contributed by atoms with Gasteiger partial charge in [0.05, 0.1) is 6.61 Å². The highest BCUT2D eigenvalue weighted by atomic mass is 19.4. The Morgan fingerprint density at radius 3 is 2.74 bits per heavy atom. The number of rotatable bonds is 7. The minimum atomic E-state index is -4.53. The third kappa shape index (κ3) is 5.46. The van der Waals surface area contributed by atoms with Crippen LogP contribution >= 0.6 is 0 Å². The summed E-state index contributed by atoms with van der Waals surface area (Å²) in [5.41, 5.74) is 2.06. The SMILES string of the molecule is C[C@@H]1C[C@@H]1COc1nc(C(=O)NCC(F)(F)F)nc(N2CCC(c3c[nH]c4ncccc34)CC2)n1. The topological polar surface area (TPSA) is 109 Å². The minimum absolute atomic E-state index is 0.0453. The van der Waals surface area contributed by atoms with Crippen molar-refractivity contribution in [1.82, 2.24) is 30.2 Å². The number of carbonyl (C=O) groups excluding carboxylic acids is 1. The average molecular weight is 490 g/mol. The number of fused-ring (bicyclic) bond motifs is 1. The van der Waals surface area contributed by atoms with E-state index >= 15 is 0 Å². The summed E-state index contributed by atoms with van der Waals surface area (Å²) in [6.07, 6.45) is 1.88. The van der Waals surface area contributed by atoms with Crippen molar-refractivity contribution in [2.45, 2.75) is 38.3 Å². The third-order valence-electron chi connectivity index (χ3n) is 6.66. The number of halogens is 3. The molecule has 1 amide bonds. The molecule has 35 heavy (non-hydrogen) atoms. The lowest BCUT2D eigenvalue weighted by Crippen LogP contribution is -2.37. The van der Waals surface area contributed by atoms with E-state index in [9.17, 15) is 18.0 Å².